The fourth-order valence-electron chi connectivity index (χ4n) is 3.53. The highest BCUT2D eigenvalue weighted by Crippen LogP contribution is 2.40. The SMILES string of the molecule is COc1cc2nc(N(Cc3cccnc3)C(=O)c3sc4ccccc4c3Cl)sc2cc1OC. The number of thiophene rings is 1. The molecule has 2 aromatic carbocycles. The topological polar surface area (TPSA) is 64.5 Å². The normalized spacial score (nSPS) is 11.1. The van der Waals surface area contributed by atoms with Gasteiger partial charge in [-0.2, -0.15) is 0 Å². The number of benzene rings is 2. The van der Waals surface area contributed by atoms with Crippen LogP contribution in [0.3, 0.4) is 0 Å². The zero-order valence-corrected chi connectivity index (χ0v) is 20.1. The average molecular weight is 496 g/mol. The van der Waals surface area contributed by atoms with Crippen molar-refractivity contribution in [1.29, 1.82) is 0 Å². The van der Waals surface area contributed by atoms with Gasteiger partial charge in [-0.1, -0.05) is 47.2 Å². The van der Waals surface area contributed by atoms with Crippen molar-refractivity contribution in [2.45, 2.75) is 6.54 Å². The maximum Gasteiger partial charge on any atom is 0.272 e. The van der Waals surface area contributed by atoms with Crippen LogP contribution in [0.15, 0.2) is 60.9 Å². The average Bonchev–Trinajstić information content (AvgIpc) is 3.42. The van der Waals surface area contributed by atoms with E-state index in [1.165, 1.54) is 22.7 Å². The number of methoxy groups -OCH3 is 2. The molecule has 3 aromatic heterocycles. The van der Waals surface area contributed by atoms with E-state index in [0.717, 1.165) is 25.9 Å². The molecule has 0 N–H and O–H groups in total. The summed E-state index contributed by atoms with van der Waals surface area (Å²) in [5, 5.41) is 1.89. The van der Waals surface area contributed by atoms with E-state index in [-0.39, 0.29) is 5.91 Å². The number of carbonyl (C=O) groups excluding carboxylic acids is 1. The van der Waals surface area contributed by atoms with Gasteiger partial charge in [0.15, 0.2) is 16.6 Å². The van der Waals surface area contributed by atoms with Gasteiger partial charge in [-0.15, -0.1) is 11.3 Å². The number of fused-ring (bicyclic) bond motifs is 2. The molecule has 0 spiro atoms. The van der Waals surface area contributed by atoms with Gasteiger partial charge < -0.3 is 9.47 Å². The second-order valence-corrected chi connectivity index (χ2v) is 9.60. The van der Waals surface area contributed by atoms with Crippen LogP contribution in [0.5, 0.6) is 11.5 Å². The summed E-state index contributed by atoms with van der Waals surface area (Å²) in [6, 6.07) is 15.2. The fraction of sp³-hybridized carbons (Fsp3) is 0.125. The molecule has 166 valence electrons. The number of aromatic nitrogens is 2. The van der Waals surface area contributed by atoms with E-state index in [9.17, 15) is 4.79 Å². The highest BCUT2D eigenvalue weighted by atomic mass is 35.5. The van der Waals surface area contributed by atoms with Gasteiger partial charge in [0.25, 0.3) is 5.91 Å². The summed E-state index contributed by atoms with van der Waals surface area (Å²) in [6.45, 7) is 0.311. The number of nitrogens with zero attached hydrogens (tertiary/aromatic N) is 3. The lowest BCUT2D eigenvalue weighted by Crippen LogP contribution is -2.30. The number of amides is 1. The predicted octanol–water partition coefficient (Wildman–Crippen LogP) is 6.42. The lowest BCUT2D eigenvalue weighted by Gasteiger charge is -2.19. The van der Waals surface area contributed by atoms with Crippen LogP contribution in [0.2, 0.25) is 5.02 Å². The second-order valence-electron chi connectivity index (χ2n) is 7.17. The molecule has 0 fully saturated rings. The van der Waals surface area contributed by atoms with Crippen molar-refractivity contribution in [3.63, 3.8) is 0 Å². The van der Waals surface area contributed by atoms with E-state index in [1.807, 2.05) is 48.5 Å². The molecule has 0 bridgehead atoms. The van der Waals surface area contributed by atoms with E-state index in [4.69, 9.17) is 26.1 Å². The molecule has 0 saturated heterocycles. The molecule has 0 aliphatic heterocycles. The number of rotatable bonds is 6. The Morgan fingerprint density at radius 3 is 2.55 bits per heavy atom. The third-order valence-electron chi connectivity index (χ3n) is 5.15. The smallest absolute Gasteiger partial charge is 0.272 e. The summed E-state index contributed by atoms with van der Waals surface area (Å²) >= 11 is 9.44. The molecule has 9 heteroatoms. The summed E-state index contributed by atoms with van der Waals surface area (Å²) < 4.78 is 12.7. The molecular formula is C24H18ClN3O3S2. The monoisotopic (exact) mass is 495 g/mol. The Balaban J connectivity index is 1.62. The van der Waals surface area contributed by atoms with Crippen LogP contribution < -0.4 is 14.4 Å². The van der Waals surface area contributed by atoms with Gasteiger partial charge in [0.05, 0.1) is 36.0 Å². The van der Waals surface area contributed by atoms with Gasteiger partial charge in [-0.3, -0.25) is 14.7 Å². The number of ether oxygens (including phenoxy) is 2. The number of hydrogen-bond acceptors (Lipinski definition) is 7. The van der Waals surface area contributed by atoms with Crippen LogP contribution in [-0.2, 0) is 6.54 Å². The largest absolute Gasteiger partial charge is 0.493 e. The van der Waals surface area contributed by atoms with E-state index in [1.54, 1.807) is 31.5 Å². The number of carbonyl (C=O) groups is 1. The molecule has 3 heterocycles. The van der Waals surface area contributed by atoms with Crippen molar-refractivity contribution in [2.24, 2.45) is 0 Å². The van der Waals surface area contributed by atoms with Crippen LogP contribution in [0.25, 0.3) is 20.3 Å². The predicted molar refractivity (Wildman–Crippen MR) is 134 cm³/mol. The zero-order valence-electron chi connectivity index (χ0n) is 17.7. The van der Waals surface area contributed by atoms with E-state index < -0.39 is 0 Å². The van der Waals surface area contributed by atoms with Crippen molar-refractivity contribution < 1.29 is 14.3 Å². The number of anilines is 1. The van der Waals surface area contributed by atoms with Crippen LogP contribution in [0.1, 0.15) is 15.2 Å². The molecule has 5 rings (SSSR count). The van der Waals surface area contributed by atoms with Crippen LogP contribution in [0.4, 0.5) is 5.13 Å². The van der Waals surface area contributed by atoms with Crippen molar-refractivity contribution in [2.75, 3.05) is 19.1 Å². The minimum absolute atomic E-state index is 0.206. The zero-order chi connectivity index (χ0) is 22.9. The van der Waals surface area contributed by atoms with Gasteiger partial charge in [0.1, 0.15) is 4.88 Å². The second kappa shape index (κ2) is 8.97. The van der Waals surface area contributed by atoms with Crippen molar-refractivity contribution in [3.05, 3.63) is 76.4 Å². The summed E-state index contributed by atoms with van der Waals surface area (Å²) in [5.74, 6) is 0.987. The molecule has 1 amide bonds. The Bertz CT molecular complexity index is 1430. The Hall–Kier alpha value is -3.20. The Morgan fingerprint density at radius 2 is 1.82 bits per heavy atom. The highest BCUT2D eigenvalue weighted by Gasteiger charge is 2.27. The maximum atomic E-state index is 13.8. The molecule has 0 aliphatic rings. The first-order valence-electron chi connectivity index (χ1n) is 9.99. The molecule has 0 unspecified atom stereocenters. The van der Waals surface area contributed by atoms with Crippen LogP contribution in [-0.4, -0.2) is 30.1 Å². The van der Waals surface area contributed by atoms with Crippen LogP contribution in [0, 0.1) is 0 Å². The van der Waals surface area contributed by atoms with Crippen molar-refractivity contribution in [3.8, 4) is 11.5 Å². The number of halogens is 1. The Kier molecular flexibility index (Phi) is 5.88. The molecule has 0 atom stereocenters. The molecule has 5 aromatic rings. The maximum absolute atomic E-state index is 13.8. The highest BCUT2D eigenvalue weighted by molar-refractivity contribution is 7.23. The molecule has 0 aliphatic carbocycles. The minimum atomic E-state index is -0.206. The molecule has 0 radical (unpaired) electrons. The third kappa shape index (κ3) is 4.01. The summed E-state index contributed by atoms with van der Waals surface area (Å²) in [5.41, 5.74) is 1.61. The van der Waals surface area contributed by atoms with Gasteiger partial charge in [0.2, 0.25) is 0 Å². The first-order chi connectivity index (χ1) is 16.1. The standard InChI is InChI=1S/C24H18ClN3O3S2/c1-30-17-10-16-20(11-18(17)31-2)33-24(27-16)28(13-14-6-5-9-26-12-14)23(29)22-21(25)15-7-3-4-8-19(15)32-22/h3-12H,13H2,1-2H3. The fourth-order valence-corrected chi connectivity index (χ4v) is 5.97. The molecular weight excluding hydrogens is 478 g/mol. The minimum Gasteiger partial charge on any atom is -0.493 e. The van der Waals surface area contributed by atoms with Gasteiger partial charge in [0, 0.05) is 34.6 Å². The van der Waals surface area contributed by atoms with E-state index in [0.29, 0.717) is 33.1 Å². The first kappa shape index (κ1) is 21.6. The van der Waals surface area contributed by atoms with Crippen LogP contribution >= 0.6 is 34.3 Å². The van der Waals surface area contributed by atoms with Crippen molar-refractivity contribution >= 4 is 65.6 Å². The summed E-state index contributed by atoms with van der Waals surface area (Å²) in [4.78, 5) is 24.9. The number of pyridine rings is 1. The van der Waals surface area contributed by atoms with Gasteiger partial charge in [-0.05, 0) is 17.7 Å². The van der Waals surface area contributed by atoms with Gasteiger partial charge in [-0.25, -0.2) is 4.98 Å². The van der Waals surface area contributed by atoms with Crippen molar-refractivity contribution in [1.82, 2.24) is 9.97 Å². The Labute approximate surface area is 203 Å². The van der Waals surface area contributed by atoms with Gasteiger partial charge >= 0.3 is 0 Å². The third-order valence-corrected chi connectivity index (χ3v) is 7.86. The Morgan fingerprint density at radius 1 is 1.03 bits per heavy atom. The molecule has 33 heavy (non-hydrogen) atoms. The molecule has 6 nitrogen and oxygen atoms in total. The lowest BCUT2D eigenvalue weighted by molar-refractivity contribution is 0.0989. The number of hydrogen-bond donors (Lipinski definition) is 0. The van der Waals surface area contributed by atoms with E-state index >= 15 is 0 Å². The number of thiazole rings is 1. The molecule has 0 saturated carbocycles. The summed E-state index contributed by atoms with van der Waals surface area (Å²) in [6.07, 6.45) is 3.45. The van der Waals surface area contributed by atoms with E-state index in [2.05, 4.69) is 4.98 Å². The summed E-state index contributed by atoms with van der Waals surface area (Å²) in [7, 11) is 3.17. The quantitative estimate of drug-likeness (QED) is 0.272. The first-order valence-corrected chi connectivity index (χ1v) is 12.0. The lowest BCUT2D eigenvalue weighted by atomic mass is 10.2.